The fraction of sp³-hybridized carbons (Fsp3) is 0.214. The van der Waals surface area contributed by atoms with E-state index in [0.717, 1.165) is 12.3 Å². The van der Waals surface area contributed by atoms with Gasteiger partial charge in [0.2, 0.25) is 0 Å². The highest BCUT2D eigenvalue weighted by Gasteiger charge is 2.12. The van der Waals surface area contributed by atoms with E-state index < -0.39 is 0 Å². The van der Waals surface area contributed by atoms with E-state index >= 15 is 0 Å². The van der Waals surface area contributed by atoms with Gasteiger partial charge in [0.25, 0.3) is 0 Å². The van der Waals surface area contributed by atoms with Gasteiger partial charge in [-0.2, -0.15) is 0 Å². The van der Waals surface area contributed by atoms with Crippen molar-refractivity contribution in [3.8, 4) is 0 Å². The number of benzene rings is 2. The normalized spacial score (nSPS) is 15.4. The fourth-order valence-electron chi connectivity index (χ4n) is 2.14. The van der Waals surface area contributed by atoms with Crippen LogP contribution in [-0.4, -0.2) is 17.3 Å². The molecule has 0 saturated heterocycles. The predicted octanol–water partition coefficient (Wildman–Crippen LogP) is 3.64. The van der Waals surface area contributed by atoms with Gasteiger partial charge in [-0.05, 0) is 29.3 Å². The standard InChI is InChI=1S/C14H13NS/c1-10-8-11-4-2-3-5-12(11)13(9-10)14-15-6-7-16-14/h2-5,8-9H,6-7H2,1H3. The lowest BCUT2D eigenvalue weighted by Crippen LogP contribution is -1.94. The summed E-state index contributed by atoms with van der Waals surface area (Å²) in [7, 11) is 0. The molecule has 0 atom stereocenters. The van der Waals surface area contributed by atoms with Crippen LogP contribution in [0.1, 0.15) is 11.1 Å². The lowest BCUT2D eigenvalue weighted by Gasteiger charge is -2.07. The summed E-state index contributed by atoms with van der Waals surface area (Å²) in [6.07, 6.45) is 0. The van der Waals surface area contributed by atoms with E-state index in [0.29, 0.717) is 0 Å². The van der Waals surface area contributed by atoms with Crippen LogP contribution in [0.4, 0.5) is 0 Å². The van der Waals surface area contributed by atoms with E-state index in [-0.39, 0.29) is 0 Å². The molecule has 0 spiro atoms. The average molecular weight is 227 g/mol. The van der Waals surface area contributed by atoms with Crippen LogP contribution in [0.15, 0.2) is 41.4 Å². The molecule has 0 radical (unpaired) electrons. The highest BCUT2D eigenvalue weighted by atomic mass is 32.2. The lowest BCUT2D eigenvalue weighted by molar-refractivity contribution is 1.18. The first-order chi connectivity index (χ1) is 7.84. The molecule has 0 fully saturated rings. The van der Waals surface area contributed by atoms with Crippen molar-refractivity contribution in [2.24, 2.45) is 4.99 Å². The van der Waals surface area contributed by atoms with Crippen molar-refractivity contribution in [1.29, 1.82) is 0 Å². The molecule has 16 heavy (non-hydrogen) atoms. The van der Waals surface area contributed by atoms with Crippen molar-refractivity contribution in [2.45, 2.75) is 6.92 Å². The highest BCUT2D eigenvalue weighted by Crippen LogP contribution is 2.27. The summed E-state index contributed by atoms with van der Waals surface area (Å²) < 4.78 is 0. The van der Waals surface area contributed by atoms with Gasteiger partial charge >= 0.3 is 0 Å². The zero-order valence-corrected chi connectivity index (χ0v) is 10.1. The Morgan fingerprint density at radius 3 is 2.88 bits per heavy atom. The van der Waals surface area contributed by atoms with Gasteiger partial charge in [-0.25, -0.2) is 0 Å². The van der Waals surface area contributed by atoms with Crippen LogP contribution in [0.3, 0.4) is 0 Å². The van der Waals surface area contributed by atoms with E-state index in [1.807, 2.05) is 11.8 Å². The van der Waals surface area contributed by atoms with E-state index in [1.165, 1.54) is 26.9 Å². The maximum atomic E-state index is 4.58. The second-order valence-electron chi connectivity index (χ2n) is 4.07. The lowest BCUT2D eigenvalue weighted by atomic mass is 10.0. The monoisotopic (exact) mass is 227 g/mol. The number of fused-ring (bicyclic) bond motifs is 1. The molecule has 2 aromatic carbocycles. The second kappa shape index (κ2) is 3.95. The van der Waals surface area contributed by atoms with Gasteiger partial charge < -0.3 is 0 Å². The van der Waals surface area contributed by atoms with Crippen LogP contribution in [0.5, 0.6) is 0 Å². The van der Waals surface area contributed by atoms with Crippen molar-refractivity contribution >= 4 is 27.6 Å². The van der Waals surface area contributed by atoms with Crippen LogP contribution in [0.25, 0.3) is 10.8 Å². The Kier molecular flexibility index (Phi) is 2.44. The third kappa shape index (κ3) is 1.63. The number of aryl methyl sites for hydroxylation is 1. The Balaban J connectivity index is 2.29. The zero-order valence-electron chi connectivity index (χ0n) is 9.23. The Bertz CT molecular complexity index is 572. The summed E-state index contributed by atoms with van der Waals surface area (Å²) >= 11 is 1.87. The predicted molar refractivity (Wildman–Crippen MR) is 72.5 cm³/mol. The Morgan fingerprint density at radius 1 is 1.19 bits per heavy atom. The molecule has 2 aromatic rings. The number of rotatable bonds is 1. The number of thioether (sulfide) groups is 1. The molecular formula is C14H13NS. The van der Waals surface area contributed by atoms with Crippen LogP contribution >= 0.6 is 11.8 Å². The quantitative estimate of drug-likeness (QED) is 0.724. The Hall–Kier alpha value is -1.28. The van der Waals surface area contributed by atoms with Gasteiger partial charge in [0, 0.05) is 17.9 Å². The molecule has 3 rings (SSSR count). The largest absolute Gasteiger partial charge is 0.277 e. The number of hydrogen-bond donors (Lipinski definition) is 0. The molecule has 0 unspecified atom stereocenters. The zero-order chi connectivity index (χ0) is 11.0. The van der Waals surface area contributed by atoms with Crippen molar-refractivity contribution in [2.75, 3.05) is 12.3 Å². The maximum Gasteiger partial charge on any atom is 0.0984 e. The smallest absolute Gasteiger partial charge is 0.0984 e. The molecule has 0 aliphatic carbocycles. The van der Waals surface area contributed by atoms with E-state index in [4.69, 9.17) is 0 Å². The molecule has 1 heterocycles. The minimum Gasteiger partial charge on any atom is -0.277 e. The number of aliphatic imine (C=N–C) groups is 1. The molecule has 0 N–H and O–H groups in total. The molecule has 1 aliphatic heterocycles. The minimum atomic E-state index is 0.961. The molecule has 1 aliphatic rings. The molecule has 80 valence electrons. The highest BCUT2D eigenvalue weighted by molar-refractivity contribution is 8.14. The van der Waals surface area contributed by atoms with Crippen LogP contribution in [0.2, 0.25) is 0 Å². The number of hydrogen-bond acceptors (Lipinski definition) is 2. The summed E-state index contributed by atoms with van der Waals surface area (Å²) in [6.45, 7) is 3.11. The first kappa shape index (κ1) is 9.91. The summed E-state index contributed by atoms with van der Waals surface area (Å²) in [4.78, 5) is 4.58. The van der Waals surface area contributed by atoms with Crippen LogP contribution in [0, 0.1) is 6.92 Å². The van der Waals surface area contributed by atoms with Crippen molar-refractivity contribution < 1.29 is 0 Å². The molecule has 0 amide bonds. The topological polar surface area (TPSA) is 12.4 Å². The fourth-order valence-corrected chi connectivity index (χ4v) is 3.02. The van der Waals surface area contributed by atoms with E-state index in [1.54, 1.807) is 0 Å². The average Bonchev–Trinajstić information content (AvgIpc) is 2.81. The van der Waals surface area contributed by atoms with Gasteiger partial charge in [-0.3, -0.25) is 4.99 Å². The van der Waals surface area contributed by atoms with Gasteiger partial charge in [0.05, 0.1) is 5.04 Å². The molecule has 0 saturated carbocycles. The van der Waals surface area contributed by atoms with Crippen LogP contribution in [-0.2, 0) is 0 Å². The summed E-state index contributed by atoms with van der Waals surface area (Å²) in [6, 6.07) is 13.0. The maximum absolute atomic E-state index is 4.58. The minimum absolute atomic E-state index is 0.961. The van der Waals surface area contributed by atoms with Crippen molar-refractivity contribution in [3.63, 3.8) is 0 Å². The van der Waals surface area contributed by atoms with E-state index in [2.05, 4.69) is 48.3 Å². The van der Waals surface area contributed by atoms with Crippen molar-refractivity contribution in [1.82, 2.24) is 0 Å². The first-order valence-corrected chi connectivity index (χ1v) is 6.50. The first-order valence-electron chi connectivity index (χ1n) is 5.51. The molecular weight excluding hydrogens is 214 g/mol. The summed E-state index contributed by atoms with van der Waals surface area (Å²) in [5.41, 5.74) is 2.61. The SMILES string of the molecule is Cc1cc(C2=NCCS2)c2ccccc2c1. The van der Waals surface area contributed by atoms with Gasteiger partial charge in [0.1, 0.15) is 0 Å². The molecule has 0 bridgehead atoms. The Labute approximate surface area is 99.6 Å². The van der Waals surface area contributed by atoms with Gasteiger partial charge in [-0.1, -0.05) is 30.3 Å². The number of nitrogens with zero attached hydrogens (tertiary/aromatic N) is 1. The summed E-state index contributed by atoms with van der Waals surface area (Å²) in [5.74, 6) is 1.12. The van der Waals surface area contributed by atoms with Crippen LogP contribution < -0.4 is 0 Å². The van der Waals surface area contributed by atoms with Gasteiger partial charge in [0.15, 0.2) is 0 Å². The molecule has 2 heteroatoms. The summed E-state index contributed by atoms with van der Waals surface area (Å²) in [5, 5.41) is 3.84. The Morgan fingerprint density at radius 2 is 2.06 bits per heavy atom. The molecule has 1 nitrogen and oxygen atoms in total. The van der Waals surface area contributed by atoms with E-state index in [9.17, 15) is 0 Å². The van der Waals surface area contributed by atoms with Gasteiger partial charge in [-0.15, -0.1) is 11.8 Å². The van der Waals surface area contributed by atoms with Crippen molar-refractivity contribution in [3.05, 3.63) is 47.5 Å². The third-order valence-corrected chi connectivity index (χ3v) is 3.83. The molecule has 0 aromatic heterocycles. The third-order valence-electron chi connectivity index (χ3n) is 2.82. The second-order valence-corrected chi connectivity index (χ2v) is 5.15.